The number of fused-ring (bicyclic) bond motifs is 5. The van der Waals surface area contributed by atoms with Crippen LogP contribution in [0.1, 0.15) is 113 Å². The van der Waals surface area contributed by atoms with E-state index >= 15 is 0 Å². The summed E-state index contributed by atoms with van der Waals surface area (Å²) in [6, 6.07) is 0. The predicted molar refractivity (Wildman–Crippen MR) is 168 cm³/mol. The molecule has 8 nitrogen and oxygen atoms in total. The van der Waals surface area contributed by atoms with Gasteiger partial charge in [0.2, 0.25) is 0 Å². The molecule has 1 aliphatic heterocycles. The van der Waals surface area contributed by atoms with Gasteiger partial charge < -0.3 is 40.1 Å². The average molecular weight is 623 g/mol. The van der Waals surface area contributed by atoms with Crippen molar-refractivity contribution in [2.24, 2.45) is 45.3 Å². The van der Waals surface area contributed by atoms with E-state index in [-0.39, 0.29) is 39.6 Å². The third-order valence-corrected chi connectivity index (χ3v) is 14.6. The third-order valence-electron chi connectivity index (χ3n) is 14.6. The lowest BCUT2D eigenvalue weighted by Gasteiger charge is -2.70. The predicted octanol–water partition coefficient (Wildman–Crippen LogP) is 4.32. The van der Waals surface area contributed by atoms with Gasteiger partial charge in [0.1, 0.15) is 24.4 Å². The average Bonchev–Trinajstić information content (AvgIpc) is 3.33. The molecule has 8 heteroatoms. The Balaban J connectivity index is 1.49. The highest BCUT2D eigenvalue weighted by molar-refractivity contribution is 5.20. The normalized spacial score (nSPS) is 51.5. The highest BCUT2D eigenvalue weighted by Crippen LogP contribution is 2.76. The monoisotopic (exact) mass is 622 g/mol. The molecule has 5 fully saturated rings. The van der Waals surface area contributed by atoms with Gasteiger partial charge in [-0.2, -0.15) is 0 Å². The molecule has 0 spiro atoms. The molecule has 4 saturated carbocycles. The Bertz CT molecular complexity index is 1070. The summed E-state index contributed by atoms with van der Waals surface area (Å²) < 4.78 is 12.6. The maximum absolute atomic E-state index is 12.2. The summed E-state index contributed by atoms with van der Waals surface area (Å²) in [5.74, 6) is 0.713. The Labute approximate surface area is 265 Å². The van der Waals surface area contributed by atoms with Gasteiger partial charge in [0.25, 0.3) is 0 Å². The summed E-state index contributed by atoms with van der Waals surface area (Å²) in [5, 5.41) is 65.0. The van der Waals surface area contributed by atoms with E-state index in [0.29, 0.717) is 18.3 Å². The zero-order chi connectivity index (χ0) is 32.6. The van der Waals surface area contributed by atoms with Gasteiger partial charge in [-0.15, -0.1) is 0 Å². The molecule has 1 saturated heterocycles. The van der Waals surface area contributed by atoms with E-state index in [1.807, 2.05) is 0 Å². The van der Waals surface area contributed by atoms with Crippen LogP contribution >= 0.6 is 0 Å². The summed E-state index contributed by atoms with van der Waals surface area (Å²) >= 11 is 0. The molecule has 15 atom stereocenters. The van der Waals surface area contributed by atoms with Gasteiger partial charge in [-0.1, -0.05) is 46.3 Å². The molecule has 0 aromatic heterocycles. The zero-order valence-electron chi connectivity index (χ0n) is 28.5. The molecule has 0 radical (unpaired) electrons. The molecule has 5 rings (SSSR count). The van der Waals surface area contributed by atoms with Crippen molar-refractivity contribution in [3.05, 3.63) is 11.6 Å². The van der Waals surface area contributed by atoms with Gasteiger partial charge >= 0.3 is 0 Å². The van der Waals surface area contributed by atoms with E-state index < -0.39 is 49.0 Å². The summed E-state index contributed by atoms with van der Waals surface area (Å²) in [4.78, 5) is 0. The molecule has 4 aliphatic carbocycles. The molecular weight excluding hydrogens is 560 g/mol. The van der Waals surface area contributed by atoms with E-state index in [4.69, 9.17) is 9.47 Å². The Morgan fingerprint density at radius 1 is 0.864 bits per heavy atom. The molecule has 0 unspecified atom stereocenters. The van der Waals surface area contributed by atoms with E-state index in [9.17, 15) is 30.6 Å². The number of allylic oxidation sites excluding steroid dienone is 2. The standard InChI is InChI=1S/C36H62O8/c1-20(2)10-9-14-36(8,44-31-30(42)29(41)28(40)23(19-37)43-31)21-11-16-35(7)27(21)22(38)18-25-33(5)15-13-26(39)32(3,4)24(33)12-17-34(25,35)6/h10,21-31,37-42H,9,11-19H2,1-8H3/t21-,22+,23+,24-,25+,26-,27-,28+,29-,30+,31+,33-,34+,35+,36-/m0/s1. The second-order valence-corrected chi connectivity index (χ2v) is 17.3. The Morgan fingerprint density at radius 2 is 1.52 bits per heavy atom. The Kier molecular flexibility index (Phi) is 9.35. The van der Waals surface area contributed by atoms with Crippen LogP contribution in [0.15, 0.2) is 11.6 Å². The molecule has 0 aromatic carbocycles. The lowest BCUT2D eigenvalue weighted by Crippen LogP contribution is -2.67. The van der Waals surface area contributed by atoms with Crippen molar-refractivity contribution in [2.45, 2.75) is 162 Å². The summed E-state index contributed by atoms with van der Waals surface area (Å²) in [6.07, 6.45) is 2.60. The van der Waals surface area contributed by atoms with Crippen LogP contribution in [-0.2, 0) is 9.47 Å². The second kappa shape index (κ2) is 11.8. The first-order valence-corrected chi connectivity index (χ1v) is 17.3. The van der Waals surface area contributed by atoms with Gasteiger partial charge in [0.05, 0.1) is 24.4 Å². The van der Waals surface area contributed by atoms with Crippen LogP contribution < -0.4 is 0 Å². The minimum atomic E-state index is -1.50. The molecular formula is C36H62O8. The number of aliphatic hydroxyl groups is 6. The first-order chi connectivity index (χ1) is 20.4. The maximum atomic E-state index is 12.2. The van der Waals surface area contributed by atoms with Gasteiger partial charge in [-0.3, -0.25) is 0 Å². The van der Waals surface area contributed by atoms with Gasteiger partial charge in [0.15, 0.2) is 6.29 Å². The first-order valence-electron chi connectivity index (χ1n) is 17.3. The topological polar surface area (TPSA) is 140 Å². The van der Waals surface area contributed by atoms with Crippen LogP contribution in [0, 0.1) is 45.3 Å². The first kappa shape index (κ1) is 34.7. The largest absolute Gasteiger partial charge is 0.394 e. The van der Waals surface area contributed by atoms with Gasteiger partial charge in [-0.05, 0) is 124 Å². The highest BCUT2D eigenvalue weighted by Gasteiger charge is 2.71. The number of ether oxygens (including phenoxy) is 2. The fraction of sp³-hybridized carbons (Fsp3) is 0.944. The third kappa shape index (κ3) is 5.17. The van der Waals surface area contributed by atoms with Crippen molar-refractivity contribution in [1.82, 2.24) is 0 Å². The second-order valence-electron chi connectivity index (χ2n) is 17.3. The van der Waals surface area contributed by atoms with E-state index in [0.717, 1.165) is 51.4 Å². The summed E-state index contributed by atoms with van der Waals surface area (Å²) in [6.45, 7) is 17.5. The molecule has 5 aliphatic rings. The SMILES string of the molecule is CC(C)=CCC[C@](C)(O[C@H]1O[C@H](CO)[C@@H](O)[C@H](O)[C@H]1O)[C@H]1CC[C@]2(C)[C@@H]1[C@H](O)C[C@@H]1[C@@]3(C)CC[C@H](O)C(C)(C)[C@@H]3CC[C@]12C. The lowest BCUT2D eigenvalue weighted by atomic mass is 9.35. The van der Waals surface area contributed by atoms with Crippen LogP contribution in [0.4, 0.5) is 0 Å². The Hall–Kier alpha value is -0.580. The number of hydrogen-bond acceptors (Lipinski definition) is 8. The fourth-order valence-electron chi connectivity index (χ4n) is 11.8. The number of aliphatic hydroxyl groups excluding tert-OH is 6. The molecule has 0 bridgehead atoms. The lowest BCUT2D eigenvalue weighted by molar-refractivity contribution is -0.336. The smallest absolute Gasteiger partial charge is 0.187 e. The van der Waals surface area contributed by atoms with Crippen LogP contribution in [-0.4, -0.2) is 85.8 Å². The minimum absolute atomic E-state index is 0.0131. The van der Waals surface area contributed by atoms with Crippen molar-refractivity contribution in [2.75, 3.05) is 6.61 Å². The molecule has 6 N–H and O–H groups in total. The molecule has 1 heterocycles. The molecule has 0 aromatic rings. The van der Waals surface area contributed by atoms with E-state index in [2.05, 4.69) is 61.5 Å². The minimum Gasteiger partial charge on any atom is -0.394 e. The molecule has 0 amide bonds. The fourth-order valence-corrected chi connectivity index (χ4v) is 11.8. The van der Waals surface area contributed by atoms with Crippen molar-refractivity contribution in [3.63, 3.8) is 0 Å². The number of rotatable bonds is 7. The zero-order valence-corrected chi connectivity index (χ0v) is 28.5. The quantitative estimate of drug-likeness (QED) is 0.231. The van der Waals surface area contributed by atoms with Crippen LogP contribution in [0.3, 0.4) is 0 Å². The van der Waals surface area contributed by atoms with Gasteiger partial charge in [-0.25, -0.2) is 0 Å². The van der Waals surface area contributed by atoms with Crippen molar-refractivity contribution in [1.29, 1.82) is 0 Å². The highest BCUT2D eigenvalue weighted by atomic mass is 16.7. The van der Waals surface area contributed by atoms with Gasteiger partial charge in [0, 0.05) is 0 Å². The van der Waals surface area contributed by atoms with E-state index in [1.165, 1.54) is 5.57 Å². The Morgan fingerprint density at radius 3 is 2.16 bits per heavy atom. The maximum Gasteiger partial charge on any atom is 0.187 e. The summed E-state index contributed by atoms with van der Waals surface area (Å²) in [7, 11) is 0. The van der Waals surface area contributed by atoms with Crippen molar-refractivity contribution < 1.29 is 40.1 Å². The van der Waals surface area contributed by atoms with Crippen LogP contribution in [0.2, 0.25) is 0 Å². The van der Waals surface area contributed by atoms with E-state index in [1.54, 1.807) is 0 Å². The summed E-state index contributed by atoms with van der Waals surface area (Å²) in [5.41, 5.74) is 0.171. The molecule has 254 valence electrons. The number of hydrogen-bond donors (Lipinski definition) is 6. The van der Waals surface area contributed by atoms with Crippen molar-refractivity contribution in [3.8, 4) is 0 Å². The van der Waals surface area contributed by atoms with Crippen LogP contribution in [0.25, 0.3) is 0 Å². The molecule has 44 heavy (non-hydrogen) atoms. The van der Waals surface area contributed by atoms with Crippen molar-refractivity contribution >= 4 is 0 Å². The van der Waals surface area contributed by atoms with Crippen LogP contribution in [0.5, 0.6) is 0 Å².